The predicted octanol–water partition coefficient (Wildman–Crippen LogP) is 4.21. The molecule has 1 aliphatic heterocycles. The predicted molar refractivity (Wildman–Crippen MR) is 131 cm³/mol. The van der Waals surface area contributed by atoms with E-state index in [0.29, 0.717) is 18.3 Å². The van der Waals surface area contributed by atoms with E-state index in [0.717, 1.165) is 34.4 Å². The number of sulfone groups is 1. The molecule has 1 amide bonds. The molecular weight excluding hydrogens is 460 g/mol. The molecule has 2 aromatic carbocycles. The lowest BCUT2D eigenvalue weighted by Crippen LogP contribution is -2.37. The van der Waals surface area contributed by atoms with Crippen molar-refractivity contribution in [3.05, 3.63) is 54.1 Å². The van der Waals surface area contributed by atoms with Gasteiger partial charge in [0.25, 0.3) is 0 Å². The van der Waals surface area contributed by atoms with Gasteiger partial charge in [0.1, 0.15) is 5.75 Å². The van der Waals surface area contributed by atoms with Gasteiger partial charge >= 0.3 is 0 Å². The molecular formula is C24H28N2O5S2. The molecule has 0 aliphatic carbocycles. The number of benzene rings is 2. The summed E-state index contributed by atoms with van der Waals surface area (Å²) in [5.41, 5.74) is 1.56. The van der Waals surface area contributed by atoms with Gasteiger partial charge in [-0.15, -0.1) is 0 Å². The Morgan fingerprint density at radius 2 is 2.06 bits per heavy atom. The number of nitrogens with zero attached hydrogens (tertiary/aromatic N) is 2. The molecule has 3 aromatic rings. The lowest BCUT2D eigenvalue weighted by Gasteiger charge is -2.23. The van der Waals surface area contributed by atoms with Crippen LogP contribution < -0.4 is 9.64 Å². The molecule has 0 spiro atoms. The molecule has 0 N–H and O–H groups in total. The number of hydrogen-bond donors (Lipinski definition) is 0. The van der Waals surface area contributed by atoms with Gasteiger partial charge < -0.3 is 9.47 Å². The number of rotatable bonds is 10. The summed E-state index contributed by atoms with van der Waals surface area (Å²) in [6.07, 6.45) is 2.25. The molecule has 4 rings (SSSR count). The number of aromatic nitrogens is 1. The highest BCUT2D eigenvalue weighted by Crippen LogP contribution is 2.32. The summed E-state index contributed by atoms with van der Waals surface area (Å²) in [5.74, 6) is 0.560. The highest BCUT2D eigenvalue weighted by molar-refractivity contribution is 7.90. The van der Waals surface area contributed by atoms with Crippen molar-refractivity contribution in [2.45, 2.75) is 37.5 Å². The van der Waals surface area contributed by atoms with E-state index in [1.165, 1.54) is 11.3 Å². The summed E-state index contributed by atoms with van der Waals surface area (Å²) in [5, 5.41) is 0.603. The Kier molecular flexibility index (Phi) is 7.62. The van der Waals surface area contributed by atoms with Crippen LogP contribution in [-0.4, -0.2) is 51.4 Å². The first-order chi connectivity index (χ1) is 15.9. The number of carbonyl (C=O) groups excluding carboxylic acids is 1. The number of anilines is 1. The molecule has 7 nitrogen and oxygen atoms in total. The molecule has 0 bridgehead atoms. The van der Waals surface area contributed by atoms with E-state index in [1.807, 2.05) is 36.4 Å². The van der Waals surface area contributed by atoms with E-state index < -0.39 is 9.84 Å². The van der Waals surface area contributed by atoms with Gasteiger partial charge in [-0.3, -0.25) is 9.69 Å². The van der Waals surface area contributed by atoms with Crippen LogP contribution in [0.1, 0.15) is 31.2 Å². The maximum atomic E-state index is 13.2. The minimum absolute atomic E-state index is 0.0125. The standard InChI is InChI=1S/C24H28N2O5S2/c1-30-19-11-12-21-22(15-19)32-24(25-21)26(16-20-9-5-13-31-20)23(27)10-6-14-33(28,29)17-18-7-3-2-4-8-18/h2-4,7-8,11-12,15,20H,5-6,9-10,13-14,16-17H2,1H3. The van der Waals surface area contributed by atoms with Crippen LogP contribution in [0.15, 0.2) is 48.5 Å². The van der Waals surface area contributed by atoms with Crippen molar-refractivity contribution < 1.29 is 22.7 Å². The zero-order valence-corrected chi connectivity index (χ0v) is 20.2. The minimum atomic E-state index is -3.29. The lowest BCUT2D eigenvalue weighted by molar-refractivity contribution is -0.119. The maximum absolute atomic E-state index is 13.2. The first-order valence-corrected chi connectivity index (χ1v) is 13.7. The first-order valence-electron chi connectivity index (χ1n) is 11.0. The summed E-state index contributed by atoms with van der Waals surface area (Å²) in [6.45, 7) is 1.12. The summed E-state index contributed by atoms with van der Waals surface area (Å²) in [7, 11) is -1.68. The minimum Gasteiger partial charge on any atom is -0.497 e. The van der Waals surface area contributed by atoms with Crippen LogP contribution in [0.5, 0.6) is 5.75 Å². The topological polar surface area (TPSA) is 85.8 Å². The van der Waals surface area contributed by atoms with E-state index in [1.54, 1.807) is 24.1 Å². The molecule has 1 fully saturated rings. The van der Waals surface area contributed by atoms with E-state index >= 15 is 0 Å². The van der Waals surface area contributed by atoms with Crippen molar-refractivity contribution in [2.24, 2.45) is 0 Å². The van der Waals surface area contributed by atoms with E-state index in [2.05, 4.69) is 4.98 Å². The maximum Gasteiger partial charge on any atom is 0.228 e. The van der Waals surface area contributed by atoms with Crippen LogP contribution in [0.4, 0.5) is 5.13 Å². The highest BCUT2D eigenvalue weighted by Gasteiger charge is 2.26. The average molecular weight is 489 g/mol. The van der Waals surface area contributed by atoms with Gasteiger partial charge in [0.15, 0.2) is 15.0 Å². The number of methoxy groups -OCH3 is 1. The summed E-state index contributed by atoms with van der Waals surface area (Å²) in [6, 6.07) is 14.7. The third-order valence-electron chi connectivity index (χ3n) is 5.60. The highest BCUT2D eigenvalue weighted by atomic mass is 32.2. The quantitative estimate of drug-likeness (QED) is 0.425. The Hall–Kier alpha value is -2.49. The van der Waals surface area contributed by atoms with Crippen LogP contribution in [-0.2, 0) is 25.1 Å². The van der Waals surface area contributed by atoms with Gasteiger partial charge in [-0.05, 0) is 43.0 Å². The molecule has 1 unspecified atom stereocenters. The van der Waals surface area contributed by atoms with E-state index in [4.69, 9.17) is 9.47 Å². The molecule has 1 aromatic heterocycles. The Morgan fingerprint density at radius 1 is 1.24 bits per heavy atom. The second-order valence-corrected chi connectivity index (χ2v) is 11.3. The Morgan fingerprint density at radius 3 is 2.79 bits per heavy atom. The summed E-state index contributed by atoms with van der Waals surface area (Å²) in [4.78, 5) is 19.5. The Labute approximate surface area is 198 Å². The SMILES string of the molecule is COc1ccc2nc(N(CC3CCCO3)C(=O)CCCS(=O)(=O)Cc3ccccc3)sc2c1. The molecule has 176 valence electrons. The molecule has 1 aliphatic rings. The summed E-state index contributed by atoms with van der Waals surface area (Å²) < 4.78 is 37.0. The average Bonchev–Trinajstić information content (AvgIpc) is 3.46. The van der Waals surface area contributed by atoms with E-state index in [9.17, 15) is 13.2 Å². The smallest absolute Gasteiger partial charge is 0.228 e. The third-order valence-corrected chi connectivity index (χ3v) is 8.33. The Bertz CT molecular complexity index is 1190. The number of hydrogen-bond acceptors (Lipinski definition) is 7. The molecule has 0 saturated carbocycles. The van der Waals surface area contributed by atoms with Crippen LogP contribution >= 0.6 is 11.3 Å². The molecule has 33 heavy (non-hydrogen) atoms. The van der Waals surface area contributed by atoms with Crippen LogP contribution in [0.3, 0.4) is 0 Å². The second kappa shape index (κ2) is 10.6. The molecule has 0 radical (unpaired) electrons. The lowest BCUT2D eigenvalue weighted by atomic mass is 10.2. The number of amides is 1. The zero-order chi connectivity index (χ0) is 23.3. The first kappa shape index (κ1) is 23.7. The van der Waals surface area contributed by atoms with Crippen molar-refractivity contribution in [1.82, 2.24) is 4.98 Å². The number of thiazole rings is 1. The van der Waals surface area contributed by atoms with Crippen molar-refractivity contribution in [3.63, 3.8) is 0 Å². The van der Waals surface area contributed by atoms with Crippen molar-refractivity contribution in [2.75, 3.05) is 30.9 Å². The number of ether oxygens (including phenoxy) is 2. The summed E-state index contributed by atoms with van der Waals surface area (Å²) >= 11 is 1.43. The largest absolute Gasteiger partial charge is 0.497 e. The molecule has 1 atom stereocenters. The fourth-order valence-electron chi connectivity index (χ4n) is 3.89. The van der Waals surface area contributed by atoms with Gasteiger partial charge in [-0.25, -0.2) is 13.4 Å². The van der Waals surface area contributed by atoms with Crippen LogP contribution in [0, 0.1) is 0 Å². The normalized spacial score (nSPS) is 16.2. The van der Waals surface area contributed by atoms with Gasteiger partial charge in [0.2, 0.25) is 5.91 Å². The van der Waals surface area contributed by atoms with E-state index in [-0.39, 0.29) is 36.4 Å². The number of carbonyl (C=O) groups is 1. The molecule has 9 heteroatoms. The van der Waals surface area contributed by atoms with Gasteiger partial charge in [-0.1, -0.05) is 41.7 Å². The third kappa shape index (κ3) is 6.31. The second-order valence-electron chi connectivity index (χ2n) is 8.15. The monoisotopic (exact) mass is 488 g/mol. The van der Waals surface area contributed by atoms with Crippen LogP contribution in [0.2, 0.25) is 0 Å². The van der Waals surface area contributed by atoms with Gasteiger partial charge in [0, 0.05) is 13.0 Å². The van der Waals surface area contributed by atoms with Crippen molar-refractivity contribution in [1.29, 1.82) is 0 Å². The van der Waals surface area contributed by atoms with Gasteiger partial charge in [0.05, 0.1) is 41.5 Å². The molecule has 2 heterocycles. The number of fused-ring (bicyclic) bond motifs is 1. The molecule has 1 saturated heterocycles. The van der Waals surface area contributed by atoms with Crippen LogP contribution in [0.25, 0.3) is 10.2 Å². The van der Waals surface area contributed by atoms with Gasteiger partial charge in [-0.2, -0.15) is 0 Å². The zero-order valence-electron chi connectivity index (χ0n) is 18.6. The fraction of sp³-hybridized carbons (Fsp3) is 0.417. The fourth-order valence-corrected chi connectivity index (χ4v) is 6.34. The van der Waals surface area contributed by atoms with Crippen molar-refractivity contribution >= 4 is 42.4 Å². The van der Waals surface area contributed by atoms with Crippen molar-refractivity contribution in [3.8, 4) is 5.75 Å². The Balaban J connectivity index is 1.44.